The highest BCUT2D eigenvalue weighted by Gasteiger charge is 2.21. The topological polar surface area (TPSA) is 123 Å². The van der Waals surface area contributed by atoms with E-state index in [4.69, 9.17) is 23.9 Å². The monoisotopic (exact) mass is 520 g/mol. The van der Waals surface area contributed by atoms with E-state index in [1.54, 1.807) is 42.0 Å². The Balaban J connectivity index is 1.96. The minimum Gasteiger partial charge on any atom is -0.462 e. The average molecular weight is 521 g/mol. The average Bonchev–Trinajstić information content (AvgIpc) is 3.35. The molecule has 0 unspecified atom stereocenters. The van der Waals surface area contributed by atoms with Gasteiger partial charge in [-0.2, -0.15) is 4.99 Å². The molecule has 0 radical (unpaired) electrons. The third kappa shape index (κ3) is 5.28. The van der Waals surface area contributed by atoms with E-state index in [0.717, 1.165) is 5.56 Å². The van der Waals surface area contributed by atoms with Crippen LogP contribution < -0.4 is 11.0 Å². The van der Waals surface area contributed by atoms with E-state index in [-0.39, 0.29) is 60.6 Å². The van der Waals surface area contributed by atoms with Crippen LogP contribution in [-0.4, -0.2) is 52.9 Å². The summed E-state index contributed by atoms with van der Waals surface area (Å²) in [4.78, 5) is 48.5. The van der Waals surface area contributed by atoms with Crippen LogP contribution in [0.5, 0.6) is 0 Å². The van der Waals surface area contributed by atoms with Crippen molar-refractivity contribution in [1.82, 2.24) is 14.0 Å². The molecule has 1 aliphatic heterocycles. The largest absolute Gasteiger partial charge is 0.462 e. The molecular weight excluding hydrogens is 492 g/mol. The fourth-order valence-electron chi connectivity index (χ4n) is 4.00. The van der Waals surface area contributed by atoms with Crippen LogP contribution in [0.2, 0.25) is 0 Å². The summed E-state index contributed by atoms with van der Waals surface area (Å²) in [7, 11) is 1.52. The number of hydrogen-bond donors (Lipinski definition) is 0. The van der Waals surface area contributed by atoms with Crippen molar-refractivity contribution in [2.75, 3.05) is 27.1 Å². The number of aryl methyl sites for hydroxylation is 1. The minimum atomic E-state index is -0.720. The van der Waals surface area contributed by atoms with Gasteiger partial charge in [0.2, 0.25) is 6.79 Å². The highest BCUT2D eigenvalue weighted by Crippen LogP contribution is 2.21. The molecule has 1 saturated heterocycles. The van der Waals surface area contributed by atoms with Crippen molar-refractivity contribution in [1.29, 1.82) is 0 Å². The molecule has 0 aliphatic carbocycles. The zero-order chi connectivity index (χ0) is 27.2. The predicted molar refractivity (Wildman–Crippen MR) is 138 cm³/mol. The Hall–Kier alpha value is -4.51. The standard InChI is InChI=1S/C27H28N4O7/c1-5-8-20-21(38-16-37-20)10-11-22(32)28-25-19(27(34)36-6-2)15-18-24(30(25)13-14-35-4)29-23-17(3)9-7-12-31(23)26(18)33/h5,7-10,12,15H,1,6,11,13-14,16H2,2-4H3/b20-8-,21-10-,28-25?. The number of nitrogens with zero attached hydrogens (tertiary/aromatic N) is 4. The number of amides is 1. The van der Waals surface area contributed by atoms with E-state index >= 15 is 0 Å². The van der Waals surface area contributed by atoms with E-state index in [0.29, 0.717) is 17.2 Å². The highest BCUT2D eigenvalue weighted by atomic mass is 16.7. The van der Waals surface area contributed by atoms with Gasteiger partial charge in [-0.1, -0.05) is 18.7 Å². The van der Waals surface area contributed by atoms with Crippen LogP contribution in [-0.2, 0) is 30.3 Å². The van der Waals surface area contributed by atoms with Gasteiger partial charge in [-0.15, -0.1) is 0 Å². The van der Waals surface area contributed by atoms with Crippen LogP contribution in [0.25, 0.3) is 16.7 Å². The summed E-state index contributed by atoms with van der Waals surface area (Å²) in [6, 6.07) is 4.96. The molecule has 4 heterocycles. The van der Waals surface area contributed by atoms with Gasteiger partial charge in [-0.3, -0.25) is 14.0 Å². The second-order valence-corrected chi connectivity index (χ2v) is 8.24. The summed E-state index contributed by atoms with van der Waals surface area (Å²) < 4.78 is 24.2. The number of esters is 1. The highest BCUT2D eigenvalue weighted by molar-refractivity contribution is 5.94. The number of ether oxygens (including phenoxy) is 4. The molecule has 0 spiro atoms. The molecule has 0 bridgehead atoms. The lowest BCUT2D eigenvalue weighted by molar-refractivity contribution is -0.117. The first-order chi connectivity index (χ1) is 18.4. The van der Waals surface area contributed by atoms with Gasteiger partial charge in [0.25, 0.3) is 11.5 Å². The fourth-order valence-corrected chi connectivity index (χ4v) is 4.00. The molecule has 1 fully saturated rings. The van der Waals surface area contributed by atoms with Crippen LogP contribution in [0, 0.1) is 6.92 Å². The molecule has 198 valence electrons. The zero-order valence-electron chi connectivity index (χ0n) is 21.4. The molecule has 38 heavy (non-hydrogen) atoms. The molecular formula is C27H28N4O7. The number of carbonyl (C=O) groups is 2. The maximum atomic E-state index is 13.4. The minimum absolute atomic E-state index is 0.0201. The van der Waals surface area contributed by atoms with Gasteiger partial charge in [-0.05, 0) is 43.7 Å². The second-order valence-electron chi connectivity index (χ2n) is 8.24. The lowest BCUT2D eigenvalue weighted by Crippen LogP contribution is -2.33. The number of aromatic nitrogens is 3. The van der Waals surface area contributed by atoms with Crippen molar-refractivity contribution >= 4 is 28.6 Å². The molecule has 0 aromatic carbocycles. The molecule has 0 atom stereocenters. The van der Waals surface area contributed by atoms with Gasteiger partial charge in [-0.25, -0.2) is 9.78 Å². The van der Waals surface area contributed by atoms with Crippen molar-refractivity contribution < 1.29 is 28.5 Å². The molecule has 3 aromatic heterocycles. The quantitative estimate of drug-likeness (QED) is 0.328. The van der Waals surface area contributed by atoms with E-state index in [1.165, 1.54) is 17.6 Å². The number of allylic oxidation sites excluding steroid dienone is 2. The van der Waals surface area contributed by atoms with Gasteiger partial charge in [0, 0.05) is 19.9 Å². The third-order valence-electron chi connectivity index (χ3n) is 5.75. The summed E-state index contributed by atoms with van der Waals surface area (Å²) in [6.45, 7) is 7.64. The second kappa shape index (κ2) is 11.7. The van der Waals surface area contributed by atoms with Crippen LogP contribution in [0.3, 0.4) is 0 Å². The van der Waals surface area contributed by atoms with Crippen LogP contribution in [0.4, 0.5) is 0 Å². The number of carbonyl (C=O) groups excluding carboxylic acids is 2. The van der Waals surface area contributed by atoms with E-state index in [9.17, 15) is 14.4 Å². The van der Waals surface area contributed by atoms with Gasteiger partial charge < -0.3 is 23.5 Å². The van der Waals surface area contributed by atoms with Crippen LogP contribution in [0.1, 0.15) is 29.3 Å². The molecule has 11 heteroatoms. The van der Waals surface area contributed by atoms with Gasteiger partial charge in [0.15, 0.2) is 17.0 Å². The first-order valence-electron chi connectivity index (χ1n) is 12.0. The molecule has 0 saturated carbocycles. The van der Waals surface area contributed by atoms with Crippen LogP contribution in [0.15, 0.2) is 70.5 Å². The Morgan fingerprint density at radius 2 is 2.05 bits per heavy atom. The van der Waals surface area contributed by atoms with Crippen molar-refractivity contribution in [3.8, 4) is 0 Å². The maximum Gasteiger partial charge on any atom is 0.341 e. The lowest BCUT2D eigenvalue weighted by atomic mass is 10.2. The normalized spacial score (nSPS) is 15.7. The maximum absolute atomic E-state index is 13.4. The fraction of sp³-hybridized carbons (Fsp3) is 0.296. The summed E-state index contributed by atoms with van der Waals surface area (Å²) in [6.07, 6.45) is 6.19. The molecule has 3 aromatic rings. The summed E-state index contributed by atoms with van der Waals surface area (Å²) in [5, 5.41) is 0.177. The summed E-state index contributed by atoms with van der Waals surface area (Å²) >= 11 is 0. The third-order valence-corrected chi connectivity index (χ3v) is 5.75. The summed E-state index contributed by atoms with van der Waals surface area (Å²) in [5.74, 6) is -0.437. The first kappa shape index (κ1) is 26.6. The molecule has 1 aliphatic rings. The Bertz CT molecular complexity index is 1610. The van der Waals surface area contributed by atoms with Gasteiger partial charge in [0.1, 0.15) is 16.9 Å². The van der Waals surface area contributed by atoms with Crippen molar-refractivity contribution in [2.24, 2.45) is 4.99 Å². The summed E-state index contributed by atoms with van der Waals surface area (Å²) in [5.41, 5.74) is 1.11. The Kier molecular flexibility index (Phi) is 8.17. The number of hydrogen-bond acceptors (Lipinski definition) is 8. The van der Waals surface area contributed by atoms with E-state index in [1.807, 2.05) is 13.0 Å². The van der Waals surface area contributed by atoms with Crippen molar-refractivity contribution in [2.45, 2.75) is 26.8 Å². The van der Waals surface area contributed by atoms with Crippen LogP contribution >= 0.6 is 0 Å². The number of rotatable bonds is 8. The number of pyridine rings is 2. The van der Waals surface area contributed by atoms with E-state index in [2.05, 4.69) is 11.6 Å². The Morgan fingerprint density at radius 1 is 1.26 bits per heavy atom. The first-order valence-corrected chi connectivity index (χ1v) is 12.0. The molecule has 4 rings (SSSR count). The molecule has 1 amide bonds. The molecule has 11 nitrogen and oxygen atoms in total. The zero-order valence-corrected chi connectivity index (χ0v) is 21.4. The lowest BCUT2D eigenvalue weighted by Gasteiger charge is -2.15. The van der Waals surface area contributed by atoms with Crippen molar-refractivity contribution in [3.05, 3.63) is 87.7 Å². The Labute approximate surface area is 217 Å². The SMILES string of the molecule is C=C/C=C1\OCO\C1=C/CC(=O)N=c1c(C(=O)OCC)cc2c(=O)n3cccc(C)c3nc2n1CCOC. The van der Waals surface area contributed by atoms with Crippen molar-refractivity contribution in [3.63, 3.8) is 0 Å². The van der Waals surface area contributed by atoms with E-state index < -0.39 is 11.9 Å². The van der Waals surface area contributed by atoms with Gasteiger partial charge >= 0.3 is 5.97 Å². The smallest absolute Gasteiger partial charge is 0.341 e. The number of fused-ring (bicyclic) bond motifs is 2. The number of methoxy groups -OCH3 is 1. The predicted octanol–water partition coefficient (Wildman–Crippen LogP) is 2.56. The molecule has 0 N–H and O–H groups in total. The Morgan fingerprint density at radius 3 is 2.79 bits per heavy atom. The van der Waals surface area contributed by atoms with Gasteiger partial charge in [0.05, 0.1) is 25.0 Å².